The van der Waals surface area contributed by atoms with Crippen LogP contribution in [0.3, 0.4) is 0 Å². The molecule has 33 heavy (non-hydrogen) atoms. The molecule has 1 aromatic heterocycles. The lowest BCUT2D eigenvalue weighted by atomic mass is 10.1. The molecular formula is C24H32N4O3S2. The van der Waals surface area contributed by atoms with E-state index in [1.807, 2.05) is 56.5 Å². The number of sulfonamides is 1. The van der Waals surface area contributed by atoms with Crippen molar-refractivity contribution in [3.05, 3.63) is 53.6 Å². The summed E-state index contributed by atoms with van der Waals surface area (Å²) in [5, 5.41) is 0.710. The van der Waals surface area contributed by atoms with E-state index >= 15 is 0 Å². The van der Waals surface area contributed by atoms with Crippen molar-refractivity contribution in [1.82, 2.24) is 18.8 Å². The molecular weight excluding hydrogens is 456 g/mol. The van der Waals surface area contributed by atoms with Gasteiger partial charge in [-0.15, -0.1) is 0 Å². The van der Waals surface area contributed by atoms with Crippen LogP contribution < -0.4 is 0 Å². The number of thioether (sulfide) groups is 1. The minimum Gasteiger partial charge on any atom is -0.341 e. The summed E-state index contributed by atoms with van der Waals surface area (Å²) in [6, 6.07) is 13.2. The number of nitrogens with zero attached hydrogens (tertiary/aromatic N) is 4. The normalized spacial score (nSPS) is 11.9. The first-order valence-corrected chi connectivity index (χ1v) is 13.6. The van der Waals surface area contributed by atoms with Crippen LogP contribution in [0.4, 0.5) is 0 Å². The van der Waals surface area contributed by atoms with E-state index in [9.17, 15) is 13.2 Å². The monoisotopic (exact) mass is 488 g/mol. The molecule has 0 saturated carbocycles. The molecule has 0 aliphatic rings. The average molecular weight is 489 g/mol. The predicted octanol–water partition coefficient (Wildman–Crippen LogP) is 4.15. The van der Waals surface area contributed by atoms with Gasteiger partial charge in [-0.2, -0.15) is 4.31 Å². The molecule has 0 atom stereocenters. The highest BCUT2D eigenvalue weighted by Gasteiger charge is 2.23. The number of hydrogen-bond acceptors (Lipinski definition) is 5. The molecule has 3 aromatic rings. The molecule has 0 spiro atoms. The number of aromatic nitrogens is 2. The first kappa shape index (κ1) is 25.3. The fourth-order valence-corrected chi connectivity index (χ4v) is 6.17. The second kappa shape index (κ2) is 10.7. The van der Waals surface area contributed by atoms with Crippen LogP contribution in [0.1, 0.15) is 31.9 Å². The van der Waals surface area contributed by atoms with Crippen LogP contribution in [0.25, 0.3) is 11.0 Å². The Balaban J connectivity index is 1.77. The molecule has 2 aromatic carbocycles. The Bertz CT molecular complexity index is 1220. The van der Waals surface area contributed by atoms with Gasteiger partial charge in [-0.05, 0) is 37.6 Å². The summed E-state index contributed by atoms with van der Waals surface area (Å²) in [5.41, 5.74) is 3.76. The molecule has 0 unspecified atom stereocenters. The molecule has 9 heteroatoms. The molecule has 0 saturated heterocycles. The van der Waals surface area contributed by atoms with Crippen molar-refractivity contribution in [2.45, 2.75) is 50.8 Å². The lowest BCUT2D eigenvalue weighted by Gasteiger charge is -2.18. The Hall–Kier alpha value is -2.36. The van der Waals surface area contributed by atoms with Crippen molar-refractivity contribution in [2.75, 3.05) is 25.9 Å². The zero-order valence-corrected chi connectivity index (χ0v) is 21.5. The van der Waals surface area contributed by atoms with Gasteiger partial charge in [-0.3, -0.25) is 4.79 Å². The molecule has 0 N–H and O–H groups in total. The first-order chi connectivity index (χ1) is 15.7. The number of aryl methyl sites for hydroxylation is 2. The molecule has 7 nitrogen and oxygen atoms in total. The van der Waals surface area contributed by atoms with Crippen molar-refractivity contribution in [1.29, 1.82) is 0 Å². The lowest BCUT2D eigenvalue weighted by molar-refractivity contribution is -0.127. The predicted molar refractivity (Wildman–Crippen MR) is 134 cm³/mol. The van der Waals surface area contributed by atoms with Gasteiger partial charge in [0.25, 0.3) is 0 Å². The summed E-state index contributed by atoms with van der Waals surface area (Å²) >= 11 is 1.38. The average Bonchev–Trinajstić information content (AvgIpc) is 3.16. The van der Waals surface area contributed by atoms with E-state index in [-0.39, 0.29) is 16.6 Å². The number of imidazole rings is 1. The standard InChI is InChI=1S/C24H32N4O3S2/c1-6-27(7-2)33(30,31)20-13-14-22-21(15-20)25-24(28(22)8-3)32-17-23(29)26(5)16-19-11-9-18(4)10-12-19/h9-15H,6-8,16-17H2,1-5H3. The van der Waals surface area contributed by atoms with Gasteiger partial charge >= 0.3 is 0 Å². The molecule has 0 radical (unpaired) electrons. The van der Waals surface area contributed by atoms with Crippen LogP contribution in [-0.4, -0.2) is 59.0 Å². The molecule has 178 valence electrons. The first-order valence-electron chi connectivity index (χ1n) is 11.1. The van der Waals surface area contributed by atoms with Crippen LogP contribution in [0, 0.1) is 6.92 Å². The molecule has 1 heterocycles. The highest BCUT2D eigenvalue weighted by Crippen LogP contribution is 2.27. The van der Waals surface area contributed by atoms with Gasteiger partial charge in [0.05, 0.1) is 21.7 Å². The van der Waals surface area contributed by atoms with Crippen molar-refractivity contribution in [3.63, 3.8) is 0 Å². The van der Waals surface area contributed by atoms with Gasteiger partial charge in [-0.25, -0.2) is 13.4 Å². The van der Waals surface area contributed by atoms with E-state index in [0.717, 1.165) is 11.1 Å². The minimum atomic E-state index is -3.56. The van der Waals surface area contributed by atoms with Gasteiger partial charge < -0.3 is 9.47 Å². The third-order valence-electron chi connectivity index (χ3n) is 5.63. The van der Waals surface area contributed by atoms with Crippen LogP contribution in [0.5, 0.6) is 0 Å². The van der Waals surface area contributed by atoms with Crippen LogP contribution >= 0.6 is 11.8 Å². The number of carbonyl (C=O) groups is 1. The Morgan fingerprint density at radius 1 is 1.06 bits per heavy atom. The quantitative estimate of drug-likeness (QED) is 0.401. The number of carbonyl (C=O) groups excluding carboxylic acids is 1. The number of amides is 1. The molecule has 1 amide bonds. The van der Waals surface area contributed by atoms with Crippen LogP contribution in [-0.2, 0) is 27.9 Å². The van der Waals surface area contributed by atoms with E-state index in [4.69, 9.17) is 0 Å². The summed E-state index contributed by atoms with van der Waals surface area (Å²) in [6.07, 6.45) is 0. The Kier molecular flexibility index (Phi) is 8.20. The Labute approximate surface area is 200 Å². The highest BCUT2D eigenvalue weighted by atomic mass is 32.2. The van der Waals surface area contributed by atoms with E-state index in [1.54, 1.807) is 30.1 Å². The molecule has 3 rings (SSSR count). The SMILES string of the molecule is CCN(CC)S(=O)(=O)c1ccc2c(c1)nc(SCC(=O)N(C)Cc1ccc(C)cc1)n2CC. The van der Waals surface area contributed by atoms with E-state index in [1.165, 1.54) is 21.6 Å². The fourth-order valence-electron chi connectivity index (χ4n) is 3.67. The third-order valence-corrected chi connectivity index (χ3v) is 8.64. The number of benzene rings is 2. The number of rotatable bonds is 10. The Morgan fingerprint density at radius 2 is 1.73 bits per heavy atom. The van der Waals surface area contributed by atoms with Crippen LogP contribution in [0.15, 0.2) is 52.5 Å². The summed E-state index contributed by atoms with van der Waals surface area (Å²) in [7, 11) is -1.75. The van der Waals surface area contributed by atoms with Gasteiger partial charge in [0, 0.05) is 33.2 Å². The van der Waals surface area contributed by atoms with Crippen molar-refractivity contribution in [2.24, 2.45) is 0 Å². The maximum absolute atomic E-state index is 12.9. The summed E-state index contributed by atoms with van der Waals surface area (Å²) in [5.74, 6) is 0.274. The van der Waals surface area contributed by atoms with E-state index in [2.05, 4.69) is 4.98 Å². The summed E-state index contributed by atoms with van der Waals surface area (Å²) < 4.78 is 29.2. The second-order valence-corrected chi connectivity index (χ2v) is 10.8. The third kappa shape index (κ3) is 5.59. The van der Waals surface area contributed by atoms with Crippen molar-refractivity contribution >= 4 is 38.7 Å². The number of hydrogen-bond donors (Lipinski definition) is 0. The molecule has 0 bridgehead atoms. The maximum atomic E-state index is 12.9. The summed E-state index contributed by atoms with van der Waals surface area (Å²) in [6.45, 7) is 9.76. The zero-order chi connectivity index (χ0) is 24.2. The topological polar surface area (TPSA) is 75.5 Å². The smallest absolute Gasteiger partial charge is 0.243 e. The van der Waals surface area contributed by atoms with Gasteiger partial charge in [0.15, 0.2) is 5.16 Å². The second-order valence-electron chi connectivity index (χ2n) is 7.90. The molecule has 0 aliphatic carbocycles. The van der Waals surface area contributed by atoms with Gasteiger partial charge in [0.2, 0.25) is 15.9 Å². The zero-order valence-electron chi connectivity index (χ0n) is 19.9. The Morgan fingerprint density at radius 3 is 2.33 bits per heavy atom. The van der Waals surface area contributed by atoms with Gasteiger partial charge in [0.1, 0.15) is 0 Å². The summed E-state index contributed by atoms with van der Waals surface area (Å²) in [4.78, 5) is 19.3. The highest BCUT2D eigenvalue weighted by molar-refractivity contribution is 7.99. The maximum Gasteiger partial charge on any atom is 0.243 e. The number of fused-ring (bicyclic) bond motifs is 1. The van der Waals surface area contributed by atoms with Crippen molar-refractivity contribution < 1.29 is 13.2 Å². The van der Waals surface area contributed by atoms with Crippen molar-refractivity contribution in [3.8, 4) is 0 Å². The largest absolute Gasteiger partial charge is 0.341 e. The van der Waals surface area contributed by atoms with E-state index in [0.29, 0.717) is 36.9 Å². The van der Waals surface area contributed by atoms with Gasteiger partial charge in [-0.1, -0.05) is 55.4 Å². The molecule has 0 aliphatic heterocycles. The van der Waals surface area contributed by atoms with Crippen LogP contribution in [0.2, 0.25) is 0 Å². The molecule has 0 fully saturated rings. The van der Waals surface area contributed by atoms with E-state index < -0.39 is 10.0 Å². The lowest BCUT2D eigenvalue weighted by Crippen LogP contribution is -2.30. The minimum absolute atomic E-state index is 0.0140. The fraction of sp³-hybridized carbons (Fsp3) is 0.417.